The Morgan fingerprint density at radius 1 is 1.04 bits per heavy atom. The second-order valence-electron chi connectivity index (χ2n) is 7.51. The number of hydrogen-bond acceptors (Lipinski definition) is 3. The summed E-state index contributed by atoms with van der Waals surface area (Å²) in [6.07, 6.45) is 0.712. The lowest BCUT2D eigenvalue weighted by Crippen LogP contribution is -2.39. The summed E-state index contributed by atoms with van der Waals surface area (Å²) in [5.74, 6) is 0.651. The van der Waals surface area contributed by atoms with Crippen LogP contribution in [-0.4, -0.2) is 23.1 Å². The van der Waals surface area contributed by atoms with E-state index in [0.29, 0.717) is 29.9 Å². The fourth-order valence-corrected chi connectivity index (χ4v) is 4.02. The van der Waals surface area contributed by atoms with E-state index in [4.69, 9.17) is 4.98 Å². The van der Waals surface area contributed by atoms with Gasteiger partial charge in [0.1, 0.15) is 0 Å². The van der Waals surface area contributed by atoms with Crippen molar-refractivity contribution in [2.45, 2.75) is 47.6 Å². The molecule has 1 aromatic carbocycles. The zero-order valence-electron chi connectivity index (χ0n) is 17.2. The van der Waals surface area contributed by atoms with E-state index in [0.717, 1.165) is 22.6 Å². The molecule has 7 nitrogen and oxygen atoms in total. The van der Waals surface area contributed by atoms with E-state index in [2.05, 4.69) is 36.6 Å². The van der Waals surface area contributed by atoms with Gasteiger partial charge >= 0.3 is 5.69 Å². The molecule has 0 aliphatic carbocycles. The Morgan fingerprint density at radius 2 is 1.75 bits per heavy atom. The van der Waals surface area contributed by atoms with Crippen molar-refractivity contribution in [2.75, 3.05) is 0 Å². The van der Waals surface area contributed by atoms with Gasteiger partial charge in [-0.15, -0.1) is 0 Å². The minimum Gasteiger partial charge on any atom is -0.282 e. The number of aromatic nitrogens is 5. The zero-order chi connectivity index (χ0) is 20.3. The van der Waals surface area contributed by atoms with Crippen molar-refractivity contribution >= 4 is 16.9 Å². The largest absolute Gasteiger partial charge is 0.332 e. The number of benzene rings is 1. The maximum absolute atomic E-state index is 13.2. The molecule has 3 aromatic heterocycles. The molecule has 0 radical (unpaired) electrons. The number of imidazole rings is 2. The molecule has 0 aliphatic rings. The highest BCUT2D eigenvalue weighted by Crippen LogP contribution is 2.26. The highest BCUT2D eigenvalue weighted by atomic mass is 16.2. The summed E-state index contributed by atoms with van der Waals surface area (Å²) in [6, 6.07) is 6.28. The SMILES string of the molecule is CCCn1c(=O)c2c(nc3n(-c4ccc(C)cc4C)c(C)c(C)n23)n(C)c1=O. The second-order valence-corrected chi connectivity index (χ2v) is 7.51. The van der Waals surface area contributed by atoms with Crippen molar-refractivity contribution in [1.82, 2.24) is 23.1 Å². The third-order valence-corrected chi connectivity index (χ3v) is 5.56. The quantitative estimate of drug-likeness (QED) is 0.550. The summed E-state index contributed by atoms with van der Waals surface area (Å²) in [5.41, 5.74) is 5.56. The first-order valence-corrected chi connectivity index (χ1v) is 9.55. The first kappa shape index (κ1) is 18.3. The maximum atomic E-state index is 13.2. The van der Waals surface area contributed by atoms with Gasteiger partial charge in [0, 0.05) is 25.0 Å². The molecule has 4 aromatic rings. The zero-order valence-corrected chi connectivity index (χ0v) is 17.2. The molecule has 0 aliphatic heterocycles. The average Bonchev–Trinajstić information content (AvgIpc) is 3.14. The third kappa shape index (κ3) is 2.32. The number of aryl methyl sites for hydroxylation is 4. The Bertz CT molecular complexity index is 1360. The minimum absolute atomic E-state index is 0.284. The van der Waals surface area contributed by atoms with E-state index in [1.165, 1.54) is 14.7 Å². The van der Waals surface area contributed by atoms with Crippen molar-refractivity contribution in [2.24, 2.45) is 7.05 Å². The highest BCUT2D eigenvalue weighted by Gasteiger charge is 2.23. The van der Waals surface area contributed by atoms with Crippen LogP contribution >= 0.6 is 0 Å². The molecular formula is C21H25N5O2. The van der Waals surface area contributed by atoms with E-state index in [1.54, 1.807) is 7.05 Å². The standard InChI is InChI=1S/C21H25N5O2/c1-7-10-24-19(27)17-18(23(6)21(24)28)22-20-25(14(4)15(5)26(17)20)16-9-8-12(2)11-13(16)3/h8-9,11H,7,10H2,1-6H3. The van der Waals surface area contributed by atoms with E-state index >= 15 is 0 Å². The number of fused-ring (bicyclic) bond motifs is 3. The molecule has 0 saturated heterocycles. The van der Waals surface area contributed by atoms with E-state index in [1.807, 2.05) is 25.2 Å². The van der Waals surface area contributed by atoms with Crippen LogP contribution in [0.2, 0.25) is 0 Å². The Kier molecular flexibility index (Phi) is 4.06. The van der Waals surface area contributed by atoms with Crippen LogP contribution in [0.15, 0.2) is 27.8 Å². The van der Waals surface area contributed by atoms with Gasteiger partial charge in [0.05, 0.1) is 5.69 Å². The van der Waals surface area contributed by atoms with Gasteiger partial charge in [-0.25, -0.2) is 4.79 Å². The van der Waals surface area contributed by atoms with E-state index in [-0.39, 0.29) is 11.2 Å². The van der Waals surface area contributed by atoms with Crippen molar-refractivity contribution in [3.63, 3.8) is 0 Å². The van der Waals surface area contributed by atoms with E-state index in [9.17, 15) is 9.59 Å². The van der Waals surface area contributed by atoms with Gasteiger partial charge in [-0.1, -0.05) is 24.6 Å². The van der Waals surface area contributed by atoms with Crippen LogP contribution in [0.3, 0.4) is 0 Å². The number of rotatable bonds is 3. The van der Waals surface area contributed by atoms with Crippen LogP contribution in [0.1, 0.15) is 35.9 Å². The van der Waals surface area contributed by atoms with Gasteiger partial charge in [-0.2, -0.15) is 4.98 Å². The average molecular weight is 379 g/mol. The van der Waals surface area contributed by atoms with Crippen LogP contribution in [0.5, 0.6) is 0 Å². The first-order chi connectivity index (χ1) is 13.3. The van der Waals surface area contributed by atoms with Crippen LogP contribution in [0.25, 0.3) is 22.6 Å². The lowest BCUT2D eigenvalue weighted by molar-refractivity contribution is 0.592. The fraction of sp³-hybridized carbons (Fsp3) is 0.381. The van der Waals surface area contributed by atoms with Crippen molar-refractivity contribution in [3.8, 4) is 5.69 Å². The molecule has 0 N–H and O–H groups in total. The molecular weight excluding hydrogens is 354 g/mol. The maximum Gasteiger partial charge on any atom is 0.332 e. The third-order valence-electron chi connectivity index (χ3n) is 5.56. The Morgan fingerprint density at radius 3 is 2.39 bits per heavy atom. The summed E-state index contributed by atoms with van der Waals surface area (Å²) in [7, 11) is 1.67. The van der Waals surface area contributed by atoms with Crippen molar-refractivity contribution in [1.29, 1.82) is 0 Å². The molecule has 28 heavy (non-hydrogen) atoms. The van der Waals surface area contributed by atoms with E-state index < -0.39 is 0 Å². The summed E-state index contributed by atoms with van der Waals surface area (Å²) < 4.78 is 6.73. The summed E-state index contributed by atoms with van der Waals surface area (Å²) >= 11 is 0. The molecule has 4 rings (SSSR count). The fourth-order valence-electron chi connectivity index (χ4n) is 4.02. The molecule has 0 atom stereocenters. The van der Waals surface area contributed by atoms with Gasteiger partial charge in [-0.3, -0.25) is 22.9 Å². The molecule has 0 unspecified atom stereocenters. The Labute approximate surface area is 162 Å². The van der Waals surface area contributed by atoms with Crippen LogP contribution in [0, 0.1) is 27.7 Å². The predicted molar refractivity (Wildman–Crippen MR) is 111 cm³/mol. The predicted octanol–water partition coefficient (Wildman–Crippen LogP) is 2.78. The highest BCUT2D eigenvalue weighted by molar-refractivity contribution is 5.77. The topological polar surface area (TPSA) is 66.2 Å². The van der Waals surface area contributed by atoms with Gasteiger partial charge < -0.3 is 0 Å². The smallest absolute Gasteiger partial charge is 0.282 e. The van der Waals surface area contributed by atoms with Gasteiger partial charge in [0.2, 0.25) is 5.78 Å². The molecule has 3 heterocycles. The van der Waals surface area contributed by atoms with Gasteiger partial charge in [-0.05, 0) is 45.7 Å². The van der Waals surface area contributed by atoms with Crippen molar-refractivity contribution < 1.29 is 0 Å². The molecule has 7 heteroatoms. The van der Waals surface area contributed by atoms with Crippen LogP contribution < -0.4 is 11.2 Å². The molecule has 0 bridgehead atoms. The lowest BCUT2D eigenvalue weighted by atomic mass is 10.1. The van der Waals surface area contributed by atoms with Crippen LogP contribution in [0.4, 0.5) is 0 Å². The summed E-state index contributed by atoms with van der Waals surface area (Å²) in [6.45, 7) is 10.5. The molecule has 0 spiro atoms. The Hall–Kier alpha value is -3.09. The van der Waals surface area contributed by atoms with Crippen molar-refractivity contribution in [3.05, 3.63) is 61.6 Å². The molecule has 0 amide bonds. The number of hydrogen-bond donors (Lipinski definition) is 0. The van der Waals surface area contributed by atoms with Gasteiger partial charge in [0.15, 0.2) is 11.2 Å². The summed E-state index contributed by atoms with van der Waals surface area (Å²) in [4.78, 5) is 30.6. The second kappa shape index (κ2) is 6.22. The van der Waals surface area contributed by atoms with Gasteiger partial charge in [0.25, 0.3) is 5.56 Å². The summed E-state index contributed by atoms with van der Waals surface area (Å²) in [5, 5.41) is 0. The Balaban J connectivity index is 2.21. The minimum atomic E-state index is -0.326. The number of nitrogens with zero attached hydrogens (tertiary/aromatic N) is 5. The monoisotopic (exact) mass is 379 g/mol. The lowest BCUT2D eigenvalue weighted by Gasteiger charge is -2.10. The molecule has 0 saturated carbocycles. The normalized spacial score (nSPS) is 11.8. The first-order valence-electron chi connectivity index (χ1n) is 9.55. The molecule has 0 fully saturated rings. The van der Waals surface area contributed by atoms with Crippen LogP contribution in [-0.2, 0) is 13.6 Å². The molecule has 146 valence electrons.